The molecule has 1 fully saturated rings. The molecule has 0 saturated carbocycles. The monoisotopic (exact) mass is 212 g/mol. The molecule has 1 amide bonds. The molecular weight excluding hydrogens is 188 g/mol. The van der Waals surface area contributed by atoms with E-state index in [2.05, 4.69) is 26.1 Å². The zero-order valence-electron chi connectivity index (χ0n) is 10.5. The highest BCUT2D eigenvalue weighted by Gasteiger charge is 2.27. The topological polar surface area (TPSA) is 32.3 Å². The molecule has 0 radical (unpaired) electrons. The summed E-state index contributed by atoms with van der Waals surface area (Å²) in [6, 6.07) is 0.408. The Kier molecular flexibility index (Phi) is 4.14. The van der Waals surface area contributed by atoms with Gasteiger partial charge in [0.25, 0.3) is 0 Å². The fourth-order valence-corrected chi connectivity index (χ4v) is 1.83. The Balaban J connectivity index is 2.45. The second-order valence-electron chi connectivity index (χ2n) is 5.35. The third-order valence-corrected chi connectivity index (χ3v) is 3.56. The van der Waals surface area contributed by atoms with E-state index >= 15 is 0 Å². The Morgan fingerprint density at radius 3 is 2.67 bits per heavy atom. The van der Waals surface area contributed by atoms with Crippen LogP contribution in [0.1, 0.15) is 40.0 Å². The first-order chi connectivity index (χ1) is 6.96. The molecule has 1 heterocycles. The molecule has 1 aliphatic heterocycles. The van der Waals surface area contributed by atoms with Crippen LogP contribution in [0.2, 0.25) is 0 Å². The number of carbonyl (C=O) groups excluding carboxylic acids is 1. The van der Waals surface area contributed by atoms with Crippen LogP contribution < -0.4 is 5.32 Å². The van der Waals surface area contributed by atoms with Crippen LogP contribution in [0.5, 0.6) is 0 Å². The molecule has 0 bridgehead atoms. The van der Waals surface area contributed by atoms with Crippen molar-refractivity contribution in [2.24, 2.45) is 5.41 Å². The average molecular weight is 212 g/mol. The van der Waals surface area contributed by atoms with Gasteiger partial charge in [-0.05, 0) is 18.4 Å². The van der Waals surface area contributed by atoms with E-state index in [1.165, 1.54) is 0 Å². The first-order valence-corrected chi connectivity index (χ1v) is 5.92. The van der Waals surface area contributed by atoms with Crippen LogP contribution >= 0.6 is 0 Å². The quantitative estimate of drug-likeness (QED) is 0.768. The summed E-state index contributed by atoms with van der Waals surface area (Å²) in [5.74, 6) is 0.288. The molecule has 1 rings (SSSR count). The summed E-state index contributed by atoms with van der Waals surface area (Å²) in [4.78, 5) is 13.9. The van der Waals surface area contributed by atoms with Gasteiger partial charge in [0.2, 0.25) is 5.91 Å². The average Bonchev–Trinajstić information content (AvgIpc) is 2.68. The van der Waals surface area contributed by atoms with E-state index < -0.39 is 0 Å². The summed E-state index contributed by atoms with van der Waals surface area (Å²) in [5, 5.41) is 3.29. The predicted octanol–water partition coefficient (Wildman–Crippen LogP) is 1.63. The Labute approximate surface area is 93.2 Å². The highest BCUT2D eigenvalue weighted by atomic mass is 16.2. The lowest BCUT2D eigenvalue weighted by Gasteiger charge is -2.29. The zero-order chi connectivity index (χ0) is 11.5. The maximum Gasteiger partial charge on any atom is 0.223 e. The van der Waals surface area contributed by atoms with Crippen LogP contribution in [-0.2, 0) is 4.79 Å². The second-order valence-corrected chi connectivity index (χ2v) is 5.35. The predicted molar refractivity (Wildman–Crippen MR) is 62.7 cm³/mol. The number of nitrogens with zero attached hydrogens (tertiary/aromatic N) is 1. The molecule has 0 spiro atoms. The Morgan fingerprint density at radius 1 is 1.53 bits per heavy atom. The fraction of sp³-hybridized carbons (Fsp3) is 0.917. The molecule has 3 heteroatoms. The molecule has 1 atom stereocenters. The maximum absolute atomic E-state index is 12.0. The van der Waals surface area contributed by atoms with Crippen LogP contribution in [-0.4, -0.2) is 37.0 Å². The summed E-state index contributed by atoms with van der Waals surface area (Å²) in [7, 11) is 1.94. The minimum absolute atomic E-state index is 0.136. The smallest absolute Gasteiger partial charge is 0.223 e. The van der Waals surface area contributed by atoms with Crippen LogP contribution in [0, 0.1) is 5.41 Å². The van der Waals surface area contributed by atoms with Gasteiger partial charge in [-0.1, -0.05) is 27.2 Å². The van der Waals surface area contributed by atoms with Gasteiger partial charge in [0.05, 0.1) is 0 Å². The molecule has 0 aliphatic carbocycles. The van der Waals surface area contributed by atoms with Crippen LogP contribution in [0.25, 0.3) is 0 Å². The van der Waals surface area contributed by atoms with Gasteiger partial charge < -0.3 is 10.2 Å². The van der Waals surface area contributed by atoms with Gasteiger partial charge in [-0.15, -0.1) is 0 Å². The summed E-state index contributed by atoms with van der Waals surface area (Å²) in [6.07, 6.45) is 2.81. The van der Waals surface area contributed by atoms with E-state index in [-0.39, 0.29) is 11.3 Å². The number of hydrogen-bond acceptors (Lipinski definition) is 2. The number of amides is 1. The molecule has 1 aliphatic rings. The van der Waals surface area contributed by atoms with Crippen molar-refractivity contribution in [1.82, 2.24) is 10.2 Å². The van der Waals surface area contributed by atoms with E-state index in [4.69, 9.17) is 0 Å². The molecule has 15 heavy (non-hydrogen) atoms. The standard InChI is InChI=1S/C12H24N2O/c1-5-12(2,3)8-11(15)14(4)10-6-7-13-9-10/h10,13H,5-9H2,1-4H3. The first kappa shape index (κ1) is 12.5. The van der Waals surface area contributed by atoms with Crippen molar-refractivity contribution < 1.29 is 4.79 Å². The SMILES string of the molecule is CCC(C)(C)CC(=O)N(C)C1CCNC1. The van der Waals surface area contributed by atoms with E-state index in [1.807, 2.05) is 11.9 Å². The fourth-order valence-electron chi connectivity index (χ4n) is 1.83. The van der Waals surface area contributed by atoms with E-state index in [9.17, 15) is 4.79 Å². The van der Waals surface area contributed by atoms with Crippen molar-refractivity contribution in [3.05, 3.63) is 0 Å². The van der Waals surface area contributed by atoms with Gasteiger partial charge in [0.1, 0.15) is 0 Å². The van der Waals surface area contributed by atoms with Crippen molar-refractivity contribution in [2.75, 3.05) is 20.1 Å². The first-order valence-electron chi connectivity index (χ1n) is 5.92. The van der Waals surface area contributed by atoms with Gasteiger partial charge in [-0.25, -0.2) is 0 Å². The van der Waals surface area contributed by atoms with Crippen LogP contribution in [0.3, 0.4) is 0 Å². The number of nitrogens with one attached hydrogen (secondary N) is 1. The van der Waals surface area contributed by atoms with Gasteiger partial charge in [0.15, 0.2) is 0 Å². The summed E-state index contributed by atoms with van der Waals surface area (Å²) >= 11 is 0. The minimum Gasteiger partial charge on any atom is -0.341 e. The maximum atomic E-state index is 12.0. The highest BCUT2D eigenvalue weighted by Crippen LogP contribution is 2.25. The Bertz CT molecular complexity index is 220. The highest BCUT2D eigenvalue weighted by molar-refractivity contribution is 5.77. The molecule has 88 valence electrons. The largest absolute Gasteiger partial charge is 0.341 e. The van der Waals surface area contributed by atoms with Gasteiger partial charge >= 0.3 is 0 Å². The Hall–Kier alpha value is -0.570. The molecule has 1 saturated heterocycles. The number of likely N-dealkylation sites (N-methyl/N-ethyl adjacent to an activating group) is 1. The molecule has 0 aromatic heterocycles. The normalized spacial score (nSPS) is 21.7. The molecule has 0 aromatic rings. The summed E-state index contributed by atoms with van der Waals surface area (Å²) in [5.41, 5.74) is 0.136. The summed E-state index contributed by atoms with van der Waals surface area (Å²) in [6.45, 7) is 8.45. The van der Waals surface area contributed by atoms with Gasteiger partial charge in [-0.3, -0.25) is 4.79 Å². The third kappa shape index (κ3) is 3.49. The lowest BCUT2D eigenvalue weighted by Crippen LogP contribution is -2.40. The molecule has 1 N–H and O–H groups in total. The van der Waals surface area contributed by atoms with Crippen molar-refractivity contribution in [3.63, 3.8) is 0 Å². The lowest BCUT2D eigenvalue weighted by atomic mass is 9.86. The van der Waals surface area contributed by atoms with Crippen molar-refractivity contribution >= 4 is 5.91 Å². The second kappa shape index (κ2) is 4.97. The van der Waals surface area contributed by atoms with Crippen LogP contribution in [0.4, 0.5) is 0 Å². The zero-order valence-corrected chi connectivity index (χ0v) is 10.5. The molecule has 3 nitrogen and oxygen atoms in total. The number of rotatable bonds is 4. The summed E-state index contributed by atoms with van der Waals surface area (Å²) < 4.78 is 0. The van der Waals surface area contributed by atoms with Crippen LogP contribution in [0.15, 0.2) is 0 Å². The third-order valence-electron chi connectivity index (χ3n) is 3.56. The number of hydrogen-bond donors (Lipinski definition) is 1. The van der Waals surface area contributed by atoms with Crippen molar-refractivity contribution in [1.29, 1.82) is 0 Å². The Morgan fingerprint density at radius 2 is 2.20 bits per heavy atom. The van der Waals surface area contributed by atoms with E-state index in [0.29, 0.717) is 12.5 Å². The van der Waals surface area contributed by atoms with Crippen molar-refractivity contribution in [2.45, 2.75) is 46.1 Å². The van der Waals surface area contributed by atoms with E-state index in [1.54, 1.807) is 0 Å². The van der Waals surface area contributed by atoms with Crippen molar-refractivity contribution in [3.8, 4) is 0 Å². The molecule has 0 aromatic carbocycles. The lowest BCUT2D eigenvalue weighted by molar-refractivity contribution is -0.133. The molecular formula is C12H24N2O. The van der Waals surface area contributed by atoms with E-state index in [0.717, 1.165) is 25.9 Å². The number of carbonyl (C=O) groups is 1. The minimum atomic E-state index is 0.136. The van der Waals surface area contributed by atoms with Gasteiger partial charge in [0, 0.05) is 26.1 Å². The van der Waals surface area contributed by atoms with Gasteiger partial charge in [-0.2, -0.15) is 0 Å². The molecule has 1 unspecified atom stereocenters.